The molecule has 0 aliphatic carbocycles. The Labute approximate surface area is 94.3 Å². The van der Waals surface area contributed by atoms with Gasteiger partial charge in [0.05, 0.1) is 31.5 Å². The molecule has 0 saturated heterocycles. The van der Waals surface area contributed by atoms with Crippen LogP contribution in [0.5, 0.6) is 5.75 Å². The second-order valence-electron chi connectivity index (χ2n) is 3.27. The zero-order chi connectivity index (χ0) is 12.1. The Morgan fingerprint density at radius 3 is 2.50 bits per heavy atom. The fourth-order valence-corrected chi connectivity index (χ4v) is 1.36. The molecule has 0 radical (unpaired) electrons. The number of methoxy groups -OCH3 is 1. The second kappa shape index (κ2) is 5.25. The second-order valence-corrected chi connectivity index (χ2v) is 3.27. The maximum Gasteiger partial charge on any atom is 0.310 e. The monoisotopic (exact) mass is 224 g/mol. The standard InChI is InChI=1S/C11H16N2O3/c1-3-16-11(14)5-7-4-8(12)9(13)6-10(7)15-2/h4,6H,3,5,12-13H2,1-2H3. The van der Waals surface area contributed by atoms with Crippen LogP contribution in [-0.4, -0.2) is 19.7 Å². The van der Waals surface area contributed by atoms with E-state index in [9.17, 15) is 4.79 Å². The first-order valence-corrected chi connectivity index (χ1v) is 4.96. The molecule has 0 aliphatic rings. The third-order valence-corrected chi connectivity index (χ3v) is 2.13. The van der Waals surface area contributed by atoms with Gasteiger partial charge in [-0.3, -0.25) is 4.79 Å². The van der Waals surface area contributed by atoms with Crippen LogP contribution in [0.4, 0.5) is 11.4 Å². The topological polar surface area (TPSA) is 87.6 Å². The number of carbonyl (C=O) groups excluding carboxylic acids is 1. The summed E-state index contributed by atoms with van der Waals surface area (Å²) in [4.78, 5) is 11.3. The van der Waals surface area contributed by atoms with E-state index < -0.39 is 0 Å². The van der Waals surface area contributed by atoms with Crippen LogP contribution in [0.1, 0.15) is 12.5 Å². The van der Waals surface area contributed by atoms with Gasteiger partial charge in [-0.2, -0.15) is 0 Å². The van der Waals surface area contributed by atoms with Crippen molar-refractivity contribution in [1.29, 1.82) is 0 Å². The number of anilines is 2. The van der Waals surface area contributed by atoms with Gasteiger partial charge in [-0.15, -0.1) is 0 Å². The van der Waals surface area contributed by atoms with Crippen molar-refractivity contribution in [2.45, 2.75) is 13.3 Å². The van der Waals surface area contributed by atoms with E-state index in [1.807, 2.05) is 0 Å². The van der Waals surface area contributed by atoms with E-state index in [-0.39, 0.29) is 12.4 Å². The molecule has 1 aromatic rings. The van der Waals surface area contributed by atoms with Crippen LogP contribution in [0, 0.1) is 0 Å². The predicted octanol–water partition coefficient (Wildman–Crippen LogP) is 0.965. The Bertz CT molecular complexity index is 391. The maximum absolute atomic E-state index is 11.3. The summed E-state index contributed by atoms with van der Waals surface area (Å²) in [6.07, 6.45) is 0.126. The number of nitrogen functional groups attached to an aromatic ring is 2. The summed E-state index contributed by atoms with van der Waals surface area (Å²) < 4.78 is 9.97. The Balaban J connectivity index is 2.94. The van der Waals surface area contributed by atoms with Crippen molar-refractivity contribution < 1.29 is 14.3 Å². The minimum Gasteiger partial charge on any atom is -0.496 e. The molecule has 1 aromatic carbocycles. The van der Waals surface area contributed by atoms with Gasteiger partial charge in [-0.05, 0) is 13.0 Å². The molecule has 16 heavy (non-hydrogen) atoms. The average Bonchev–Trinajstić information content (AvgIpc) is 2.23. The first kappa shape index (κ1) is 12.2. The van der Waals surface area contributed by atoms with Crippen molar-refractivity contribution in [3.63, 3.8) is 0 Å². The number of hydrogen-bond donors (Lipinski definition) is 2. The van der Waals surface area contributed by atoms with Crippen LogP contribution in [0.25, 0.3) is 0 Å². The summed E-state index contributed by atoms with van der Waals surface area (Å²) in [6.45, 7) is 2.11. The molecule has 0 amide bonds. The van der Waals surface area contributed by atoms with Crippen molar-refractivity contribution in [2.75, 3.05) is 25.2 Å². The largest absolute Gasteiger partial charge is 0.496 e. The third kappa shape index (κ3) is 2.79. The van der Waals surface area contributed by atoms with E-state index in [0.29, 0.717) is 29.3 Å². The van der Waals surface area contributed by atoms with Gasteiger partial charge in [0.25, 0.3) is 0 Å². The van der Waals surface area contributed by atoms with E-state index in [1.165, 1.54) is 7.11 Å². The first-order chi connectivity index (χ1) is 7.58. The van der Waals surface area contributed by atoms with Gasteiger partial charge in [0, 0.05) is 11.6 Å². The predicted molar refractivity (Wildman–Crippen MR) is 62.2 cm³/mol. The molecule has 5 nitrogen and oxygen atoms in total. The van der Waals surface area contributed by atoms with E-state index in [4.69, 9.17) is 20.9 Å². The highest BCUT2D eigenvalue weighted by Crippen LogP contribution is 2.27. The molecule has 0 saturated carbocycles. The van der Waals surface area contributed by atoms with Crippen LogP contribution in [0.3, 0.4) is 0 Å². The van der Waals surface area contributed by atoms with Crippen LogP contribution in [-0.2, 0) is 16.0 Å². The summed E-state index contributed by atoms with van der Waals surface area (Å²) in [7, 11) is 1.51. The maximum atomic E-state index is 11.3. The molecule has 0 atom stereocenters. The van der Waals surface area contributed by atoms with E-state index in [0.717, 1.165) is 0 Å². The molecule has 0 fully saturated rings. The smallest absolute Gasteiger partial charge is 0.310 e. The summed E-state index contributed by atoms with van der Waals surface area (Å²) >= 11 is 0. The van der Waals surface area contributed by atoms with Crippen LogP contribution in [0.15, 0.2) is 12.1 Å². The lowest BCUT2D eigenvalue weighted by atomic mass is 10.1. The summed E-state index contributed by atoms with van der Waals surface area (Å²) in [5.41, 5.74) is 12.8. The fourth-order valence-electron chi connectivity index (χ4n) is 1.36. The van der Waals surface area contributed by atoms with Gasteiger partial charge < -0.3 is 20.9 Å². The normalized spacial score (nSPS) is 9.88. The van der Waals surface area contributed by atoms with E-state index in [1.54, 1.807) is 19.1 Å². The molecule has 0 aliphatic heterocycles. The van der Waals surface area contributed by atoms with Crippen molar-refractivity contribution in [3.05, 3.63) is 17.7 Å². The average molecular weight is 224 g/mol. The highest BCUT2D eigenvalue weighted by molar-refractivity contribution is 5.76. The van der Waals surface area contributed by atoms with Crippen molar-refractivity contribution in [3.8, 4) is 5.75 Å². The quantitative estimate of drug-likeness (QED) is 0.587. The van der Waals surface area contributed by atoms with Crippen LogP contribution >= 0.6 is 0 Å². The number of rotatable bonds is 4. The molecule has 88 valence electrons. The molecule has 0 heterocycles. The summed E-state index contributed by atoms with van der Waals surface area (Å²) in [5.74, 6) is 0.227. The molecule has 0 unspecified atom stereocenters. The Hall–Kier alpha value is -1.91. The molecule has 1 rings (SSSR count). The number of carbonyl (C=O) groups is 1. The summed E-state index contributed by atoms with van der Waals surface area (Å²) in [5, 5.41) is 0. The first-order valence-electron chi connectivity index (χ1n) is 4.96. The Morgan fingerprint density at radius 2 is 1.94 bits per heavy atom. The zero-order valence-electron chi connectivity index (χ0n) is 9.45. The van der Waals surface area contributed by atoms with E-state index >= 15 is 0 Å². The highest BCUT2D eigenvalue weighted by atomic mass is 16.5. The number of hydrogen-bond acceptors (Lipinski definition) is 5. The number of ether oxygens (including phenoxy) is 2. The Kier molecular flexibility index (Phi) is 3.99. The van der Waals surface area contributed by atoms with Gasteiger partial charge in [0.1, 0.15) is 5.75 Å². The number of nitrogens with two attached hydrogens (primary N) is 2. The minimum absolute atomic E-state index is 0.126. The number of esters is 1. The van der Waals surface area contributed by atoms with Gasteiger partial charge in [-0.1, -0.05) is 0 Å². The molecule has 0 bridgehead atoms. The molecular weight excluding hydrogens is 208 g/mol. The lowest BCUT2D eigenvalue weighted by Gasteiger charge is -2.10. The van der Waals surface area contributed by atoms with Gasteiger partial charge >= 0.3 is 5.97 Å². The minimum atomic E-state index is -0.315. The molecule has 0 aromatic heterocycles. The Morgan fingerprint density at radius 1 is 1.31 bits per heavy atom. The zero-order valence-corrected chi connectivity index (χ0v) is 9.45. The third-order valence-electron chi connectivity index (χ3n) is 2.13. The van der Waals surface area contributed by atoms with Crippen molar-refractivity contribution in [2.24, 2.45) is 0 Å². The molecular formula is C11H16N2O3. The van der Waals surface area contributed by atoms with E-state index in [2.05, 4.69) is 0 Å². The van der Waals surface area contributed by atoms with Crippen molar-refractivity contribution in [1.82, 2.24) is 0 Å². The van der Waals surface area contributed by atoms with Crippen LogP contribution < -0.4 is 16.2 Å². The lowest BCUT2D eigenvalue weighted by Crippen LogP contribution is -2.09. The van der Waals surface area contributed by atoms with Crippen molar-refractivity contribution >= 4 is 17.3 Å². The SMILES string of the molecule is CCOC(=O)Cc1cc(N)c(N)cc1OC. The molecule has 0 spiro atoms. The fraction of sp³-hybridized carbons (Fsp3) is 0.364. The van der Waals surface area contributed by atoms with Gasteiger partial charge in [-0.25, -0.2) is 0 Å². The summed E-state index contributed by atoms with van der Waals surface area (Å²) in [6, 6.07) is 3.23. The highest BCUT2D eigenvalue weighted by Gasteiger charge is 2.11. The van der Waals surface area contributed by atoms with Crippen LogP contribution in [0.2, 0.25) is 0 Å². The number of benzene rings is 1. The molecule has 5 heteroatoms. The van der Waals surface area contributed by atoms with Gasteiger partial charge in [0.2, 0.25) is 0 Å². The molecule has 4 N–H and O–H groups in total. The van der Waals surface area contributed by atoms with Gasteiger partial charge in [0.15, 0.2) is 0 Å². The lowest BCUT2D eigenvalue weighted by molar-refractivity contribution is -0.142.